The van der Waals surface area contributed by atoms with Gasteiger partial charge in [-0.1, -0.05) is 30.3 Å². The summed E-state index contributed by atoms with van der Waals surface area (Å²) < 4.78 is 27.1. The van der Waals surface area contributed by atoms with Gasteiger partial charge in [-0.25, -0.2) is 0 Å². The van der Waals surface area contributed by atoms with Gasteiger partial charge in [-0.2, -0.15) is 0 Å². The average Bonchev–Trinajstić information content (AvgIpc) is 2.73. The summed E-state index contributed by atoms with van der Waals surface area (Å²) in [6.45, 7) is 4.37. The first-order valence-corrected chi connectivity index (χ1v) is 10.5. The second-order valence-corrected chi connectivity index (χ2v) is 7.57. The van der Waals surface area contributed by atoms with Crippen molar-refractivity contribution in [3.8, 4) is 0 Å². The summed E-state index contributed by atoms with van der Waals surface area (Å²) in [5, 5.41) is 0. The van der Waals surface area contributed by atoms with E-state index in [1.54, 1.807) is 30.3 Å². The van der Waals surface area contributed by atoms with E-state index >= 15 is 0 Å². The van der Waals surface area contributed by atoms with Gasteiger partial charge in [0.1, 0.15) is 12.7 Å². The molecular formula is C23H28O10. The lowest BCUT2D eigenvalue weighted by molar-refractivity contribution is -0.253. The molecule has 1 fully saturated rings. The molecule has 0 spiro atoms. The van der Waals surface area contributed by atoms with Crippen molar-refractivity contribution in [2.24, 2.45) is 0 Å². The third-order valence-electron chi connectivity index (χ3n) is 4.84. The molecule has 5 atom stereocenters. The molecule has 0 unspecified atom stereocenters. The second-order valence-electron chi connectivity index (χ2n) is 7.57. The van der Waals surface area contributed by atoms with Gasteiger partial charge >= 0.3 is 23.9 Å². The van der Waals surface area contributed by atoms with Crippen LogP contribution in [0.25, 0.3) is 0 Å². The van der Waals surface area contributed by atoms with Crippen LogP contribution in [0.3, 0.4) is 0 Å². The molecule has 1 aromatic rings. The molecule has 0 aliphatic carbocycles. The molecule has 1 aromatic carbocycles. The Morgan fingerprint density at radius 3 is 1.76 bits per heavy atom. The number of benzene rings is 1. The lowest BCUT2D eigenvalue weighted by atomic mass is 9.91. The summed E-state index contributed by atoms with van der Waals surface area (Å²) in [6, 6.07) is 8.62. The van der Waals surface area contributed by atoms with Crippen molar-refractivity contribution in [1.82, 2.24) is 0 Å². The molecular weight excluding hydrogens is 436 g/mol. The maximum Gasteiger partial charge on any atom is 0.303 e. The average molecular weight is 464 g/mol. The Labute approximate surface area is 191 Å². The number of Topliss-reactive ketones (excluding diaryl/α,β-unsaturated/α-hetero) is 1. The molecule has 0 bridgehead atoms. The first-order valence-electron chi connectivity index (χ1n) is 10.5. The Morgan fingerprint density at radius 2 is 1.24 bits per heavy atom. The van der Waals surface area contributed by atoms with Crippen molar-refractivity contribution in [1.29, 1.82) is 0 Å². The minimum Gasteiger partial charge on any atom is -0.463 e. The van der Waals surface area contributed by atoms with Gasteiger partial charge in [0.15, 0.2) is 24.1 Å². The van der Waals surface area contributed by atoms with Crippen LogP contribution < -0.4 is 0 Å². The first-order chi connectivity index (χ1) is 15.6. The van der Waals surface area contributed by atoms with E-state index in [2.05, 4.69) is 0 Å². The fourth-order valence-corrected chi connectivity index (χ4v) is 3.59. The maximum atomic E-state index is 12.6. The maximum absolute atomic E-state index is 12.6. The highest BCUT2D eigenvalue weighted by atomic mass is 16.7. The van der Waals surface area contributed by atoms with Gasteiger partial charge in [0.2, 0.25) is 0 Å². The standard InChI is InChI=1S/C23H28O10/c1-13(24)29-12-20-22(31-15(3)26)23(32-16(4)27)21(30-14(2)25)19(33-20)11-10-18(28)17-8-6-5-7-9-17/h5-9,19-23H,10-12H2,1-4H3/t19-,20+,21-,22+,23+/m0/s1. The molecule has 2 rings (SSSR count). The highest BCUT2D eigenvalue weighted by Crippen LogP contribution is 2.31. The quantitative estimate of drug-likeness (QED) is 0.303. The fraction of sp³-hybridized carbons (Fsp3) is 0.522. The zero-order chi connectivity index (χ0) is 24.5. The Bertz CT molecular complexity index is 865. The van der Waals surface area contributed by atoms with E-state index in [0.29, 0.717) is 5.56 Å². The molecule has 180 valence electrons. The summed E-state index contributed by atoms with van der Waals surface area (Å²) in [5.74, 6) is -2.85. The van der Waals surface area contributed by atoms with Crippen molar-refractivity contribution in [2.45, 2.75) is 71.1 Å². The Kier molecular flexibility index (Phi) is 9.53. The van der Waals surface area contributed by atoms with Crippen molar-refractivity contribution >= 4 is 29.7 Å². The van der Waals surface area contributed by atoms with Crippen LogP contribution in [0.2, 0.25) is 0 Å². The van der Waals surface area contributed by atoms with Gasteiger partial charge in [-0.3, -0.25) is 24.0 Å². The highest BCUT2D eigenvalue weighted by molar-refractivity contribution is 5.96. The summed E-state index contributed by atoms with van der Waals surface area (Å²) in [5.41, 5.74) is 0.503. The Morgan fingerprint density at radius 1 is 0.727 bits per heavy atom. The molecule has 0 radical (unpaired) electrons. The number of esters is 4. The lowest BCUT2D eigenvalue weighted by Gasteiger charge is -2.44. The number of rotatable bonds is 9. The smallest absolute Gasteiger partial charge is 0.303 e. The SMILES string of the molecule is CC(=O)OC[C@H]1O[C@@H](CCC(=O)c2ccccc2)[C@H](OC(C)=O)[C@@H](OC(C)=O)[C@@H]1OC(C)=O. The number of hydrogen-bond donors (Lipinski definition) is 0. The van der Waals surface area contributed by atoms with E-state index in [1.165, 1.54) is 13.8 Å². The summed E-state index contributed by atoms with van der Waals surface area (Å²) in [4.78, 5) is 59.3. The van der Waals surface area contributed by atoms with Gasteiger partial charge in [0, 0.05) is 39.7 Å². The van der Waals surface area contributed by atoms with Crippen molar-refractivity contribution in [3.63, 3.8) is 0 Å². The minimum absolute atomic E-state index is 0.0394. The molecule has 0 N–H and O–H groups in total. The molecule has 1 heterocycles. The van der Waals surface area contributed by atoms with Gasteiger partial charge in [-0.15, -0.1) is 0 Å². The van der Waals surface area contributed by atoms with E-state index in [4.69, 9.17) is 23.7 Å². The molecule has 1 saturated heterocycles. The first kappa shape index (κ1) is 26.0. The molecule has 0 saturated carbocycles. The van der Waals surface area contributed by atoms with E-state index in [0.717, 1.165) is 13.8 Å². The van der Waals surface area contributed by atoms with Crippen LogP contribution in [0, 0.1) is 0 Å². The number of carbonyl (C=O) groups excluding carboxylic acids is 5. The van der Waals surface area contributed by atoms with Crippen molar-refractivity contribution < 1.29 is 47.7 Å². The van der Waals surface area contributed by atoms with E-state index in [-0.39, 0.29) is 25.2 Å². The van der Waals surface area contributed by atoms with Crippen LogP contribution in [0.15, 0.2) is 30.3 Å². The van der Waals surface area contributed by atoms with Gasteiger partial charge < -0.3 is 23.7 Å². The van der Waals surface area contributed by atoms with E-state index < -0.39 is 54.4 Å². The van der Waals surface area contributed by atoms with Crippen molar-refractivity contribution in [3.05, 3.63) is 35.9 Å². The fourth-order valence-electron chi connectivity index (χ4n) is 3.59. The van der Waals surface area contributed by atoms with Crippen LogP contribution in [0.1, 0.15) is 50.9 Å². The summed E-state index contributed by atoms with van der Waals surface area (Å²) in [7, 11) is 0. The summed E-state index contributed by atoms with van der Waals surface area (Å²) >= 11 is 0. The third kappa shape index (κ3) is 7.98. The van der Waals surface area contributed by atoms with E-state index in [9.17, 15) is 24.0 Å². The van der Waals surface area contributed by atoms with Crippen molar-refractivity contribution in [2.75, 3.05) is 6.61 Å². The lowest BCUT2D eigenvalue weighted by Crippen LogP contribution is -2.62. The number of hydrogen-bond acceptors (Lipinski definition) is 10. The third-order valence-corrected chi connectivity index (χ3v) is 4.84. The van der Waals surface area contributed by atoms with Crippen LogP contribution in [0.4, 0.5) is 0 Å². The molecule has 1 aliphatic heterocycles. The topological polar surface area (TPSA) is 132 Å². The van der Waals surface area contributed by atoms with Gasteiger partial charge in [0.05, 0.1) is 6.10 Å². The van der Waals surface area contributed by atoms with Crippen LogP contribution in [0.5, 0.6) is 0 Å². The highest BCUT2D eigenvalue weighted by Gasteiger charge is 2.51. The molecule has 0 aromatic heterocycles. The van der Waals surface area contributed by atoms with Gasteiger partial charge in [-0.05, 0) is 6.42 Å². The van der Waals surface area contributed by atoms with Gasteiger partial charge in [0.25, 0.3) is 0 Å². The zero-order valence-electron chi connectivity index (χ0n) is 19.0. The van der Waals surface area contributed by atoms with Crippen LogP contribution >= 0.6 is 0 Å². The molecule has 0 amide bonds. The number of ether oxygens (including phenoxy) is 5. The largest absolute Gasteiger partial charge is 0.463 e. The summed E-state index contributed by atoms with van der Waals surface area (Å²) in [6.07, 6.45) is -5.39. The molecule has 10 heteroatoms. The molecule has 10 nitrogen and oxygen atoms in total. The normalized spacial score (nSPS) is 24.3. The Hall–Kier alpha value is -3.27. The monoisotopic (exact) mass is 464 g/mol. The number of carbonyl (C=O) groups is 5. The Balaban J connectivity index is 2.33. The predicted molar refractivity (Wildman–Crippen MR) is 112 cm³/mol. The predicted octanol–water partition coefficient (Wildman–Crippen LogP) is 1.78. The molecule has 33 heavy (non-hydrogen) atoms. The second kappa shape index (κ2) is 12.1. The minimum atomic E-state index is -1.23. The van der Waals surface area contributed by atoms with Crippen LogP contribution in [-0.4, -0.2) is 66.8 Å². The zero-order valence-corrected chi connectivity index (χ0v) is 19.0. The van der Waals surface area contributed by atoms with Crippen LogP contribution in [-0.2, 0) is 42.9 Å². The molecule has 1 aliphatic rings. The number of ketones is 1. The van der Waals surface area contributed by atoms with E-state index in [1.807, 2.05) is 0 Å².